The summed E-state index contributed by atoms with van der Waals surface area (Å²) in [5.41, 5.74) is 2.08. The first kappa shape index (κ1) is 17.8. The summed E-state index contributed by atoms with van der Waals surface area (Å²) < 4.78 is 17.1. The highest BCUT2D eigenvalue weighted by Gasteiger charge is 2.15. The minimum atomic E-state index is 0.272. The monoisotopic (exact) mass is 345 g/mol. The zero-order valence-corrected chi connectivity index (χ0v) is 15.0. The van der Waals surface area contributed by atoms with Crippen molar-refractivity contribution in [2.45, 2.75) is 32.4 Å². The number of fused-ring (bicyclic) bond motifs is 1. The largest absolute Gasteiger partial charge is 0.459 e. The normalized spacial score (nSPS) is 18.0. The first-order valence-corrected chi connectivity index (χ1v) is 8.89. The minimum absolute atomic E-state index is 0.272. The van der Waals surface area contributed by atoms with Gasteiger partial charge in [0.15, 0.2) is 5.96 Å². The lowest BCUT2D eigenvalue weighted by molar-refractivity contribution is 0.0191. The first-order chi connectivity index (χ1) is 12.3. The minimum Gasteiger partial charge on any atom is -0.459 e. The summed E-state index contributed by atoms with van der Waals surface area (Å²) in [5, 5.41) is 7.69. The Kier molecular flexibility index (Phi) is 6.30. The molecule has 0 spiro atoms. The molecule has 0 radical (unpaired) electrons. The smallest absolute Gasteiger partial charge is 0.191 e. The molecule has 1 fully saturated rings. The maximum atomic E-state index is 5.91. The number of furan rings is 1. The molecule has 6 nitrogen and oxygen atoms in total. The van der Waals surface area contributed by atoms with E-state index < -0.39 is 0 Å². The second-order valence-electron chi connectivity index (χ2n) is 6.21. The average molecular weight is 345 g/mol. The molecule has 136 valence electrons. The van der Waals surface area contributed by atoms with E-state index in [9.17, 15) is 0 Å². The van der Waals surface area contributed by atoms with E-state index in [1.807, 2.05) is 18.2 Å². The van der Waals surface area contributed by atoms with Crippen molar-refractivity contribution < 1.29 is 13.9 Å². The third-order valence-corrected chi connectivity index (χ3v) is 4.45. The number of benzene rings is 1. The van der Waals surface area contributed by atoms with Crippen LogP contribution in [0.15, 0.2) is 33.7 Å². The van der Waals surface area contributed by atoms with Crippen LogP contribution < -0.4 is 10.6 Å². The van der Waals surface area contributed by atoms with Gasteiger partial charge >= 0.3 is 0 Å². The number of ether oxygens (including phenoxy) is 2. The van der Waals surface area contributed by atoms with Crippen LogP contribution in [0, 0.1) is 6.92 Å². The standard InChI is InChI=1S/C19H27N3O3/c1-14-16-7-3-4-8-17(16)25-18(14)12-22-19(20-2)21-9-11-23-13-15-6-5-10-24-15/h3-4,7-8,15H,5-6,9-13H2,1-2H3,(H2,20,21,22). The van der Waals surface area contributed by atoms with E-state index in [0.29, 0.717) is 26.3 Å². The van der Waals surface area contributed by atoms with E-state index >= 15 is 0 Å². The molecule has 2 heterocycles. The molecule has 3 rings (SSSR count). The second kappa shape index (κ2) is 8.87. The molecule has 0 bridgehead atoms. The van der Waals surface area contributed by atoms with Crippen molar-refractivity contribution in [2.24, 2.45) is 4.99 Å². The molecule has 2 N–H and O–H groups in total. The van der Waals surface area contributed by atoms with Crippen molar-refractivity contribution in [3.63, 3.8) is 0 Å². The predicted octanol–water partition coefficient (Wildman–Crippen LogP) is 2.60. The zero-order chi connectivity index (χ0) is 17.5. The number of guanidine groups is 1. The highest BCUT2D eigenvalue weighted by Crippen LogP contribution is 2.24. The molecule has 1 aromatic heterocycles. The Labute approximate surface area is 148 Å². The molecule has 0 amide bonds. The lowest BCUT2D eigenvalue weighted by Crippen LogP contribution is -2.38. The van der Waals surface area contributed by atoms with Gasteiger partial charge in [0.25, 0.3) is 0 Å². The summed E-state index contributed by atoms with van der Waals surface area (Å²) in [6.45, 7) is 5.54. The van der Waals surface area contributed by atoms with E-state index in [4.69, 9.17) is 13.9 Å². The Hall–Kier alpha value is -2.05. The lowest BCUT2D eigenvalue weighted by atomic mass is 10.1. The number of nitrogens with zero attached hydrogens (tertiary/aromatic N) is 1. The summed E-state index contributed by atoms with van der Waals surface area (Å²) in [6, 6.07) is 8.08. The Morgan fingerprint density at radius 1 is 1.32 bits per heavy atom. The SMILES string of the molecule is CN=C(NCCOCC1CCCO1)NCc1oc2ccccc2c1C. The van der Waals surface area contributed by atoms with Gasteiger partial charge in [0.2, 0.25) is 0 Å². The van der Waals surface area contributed by atoms with Gasteiger partial charge in [-0.15, -0.1) is 0 Å². The van der Waals surface area contributed by atoms with Crippen LogP contribution in [0.5, 0.6) is 0 Å². The molecule has 1 atom stereocenters. The van der Waals surface area contributed by atoms with Gasteiger partial charge in [0.05, 0.1) is 25.9 Å². The third-order valence-electron chi connectivity index (χ3n) is 4.45. The fourth-order valence-electron chi connectivity index (χ4n) is 3.01. The first-order valence-electron chi connectivity index (χ1n) is 8.89. The van der Waals surface area contributed by atoms with Gasteiger partial charge in [0, 0.05) is 31.1 Å². The van der Waals surface area contributed by atoms with Crippen LogP contribution in [0.2, 0.25) is 0 Å². The zero-order valence-electron chi connectivity index (χ0n) is 15.0. The predicted molar refractivity (Wildman–Crippen MR) is 98.9 cm³/mol. The fraction of sp³-hybridized carbons (Fsp3) is 0.526. The molecule has 25 heavy (non-hydrogen) atoms. The molecular weight excluding hydrogens is 318 g/mol. The maximum Gasteiger partial charge on any atom is 0.191 e. The van der Waals surface area contributed by atoms with Crippen molar-refractivity contribution in [3.05, 3.63) is 35.6 Å². The topological polar surface area (TPSA) is 68.0 Å². The van der Waals surface area contributed by atoms with E-state index in [1.54, 1.807) is 7.05 Å². The Morgan fingerprint density at radius 3 is 2.96 bits per heavy atom. The van der Waals surface area contributed by atoms with E-state index in [0.717, 1.165) is 42.1 Å². The molecule has 6 heteroatoms. The van der Waals surface area contributed by atoms with Crippen molar-refractivity contribution >= 4 is 16.9 Å². The van der Waals surface area contributed by atoms with Crippen molar-refractivity contribution in [1.29, 1.82) is 0 Å². The van der Waals surface area contributed by atoms with Gasteiger partial charge in [-0.25, -0.2) is 0 Å². The number of hydrogen-bond acceptors (Lipinski definition) is 4. The van der Waals surface area contributed by atoms with Gasteiger partial charge in [-0.1, -0.05) is 18.2 Å². The molecule has 1 aromatic carbocycles. The van der Waals surface area contributed by atoms with Crippen LogP contribution in [0.3, 0.4) is 0 Å². The maximum absolute atomic E-state index is 5.91. The van der Waals surface area contributed by atoms with Gasteiger partial charge in [-0.05, 0) is 25.8 Å². The fourth-order valence-corrected chi connectivity index (χ4v) is 3.01. The van der Waals surface area contributed by atoms with Crippen molar-refractivity contribution in [2.75, 3.05) is 33.4 Å². The molecule has 0 saturated carbocycles. The Morgan fingerprint density at radius 2 is 2.20 bits per heavy atom. The van der Waals surface area contributed by atoms with Crippen molar-refractivity contribution in [3.8, 4) is 0 Å². The molecule has 1 aliphatic rings. The van der Waals surface area contributed by atoms with E-state index in [1.165, 1.54) is 5.56 Å². The Balaban J connectivity index is 1.40. The molecule has 1 aliphatic heterocycles. The van der Waals surface area contributed by atoms with Crippen molar-refractivity contribution in [1.82, 2.24) is 10.6 Å². The van der Waals surface area contributed by atoms with Crippen LogP contribution in [0.1, 0.15) is 24.2 Å². The Bertz CT molecular complexity index is 705. The third kappa shape index (κ3) is 4.74. The van der Waals surface area contributed by atoms with Crippen LogP contribution in [0.4, 0.5) is 0 Å². The van der Waals surface area contributed by atoms with Crippen LogP contribution in [-0.4, -0.2) is 45.5 Å². The summed E-state index contributed by atoms with van der Waals surface area (Å²) >= 11 is 0. The number of para-hydroxylation sites is 1. The quantitative estimate of drug-likeness (QED) is 0.459. The highest BCUT2D eigenvalue weighted by atomic mass is 16.5. The van der Waals surface area contributed by atoms with Crippen LogP contribution in [0.25, 0.3) is 11.0 Å². The molecule has 0 aliphatic carbocycles. The summed E-state index contributed by atoms with van der Waals surface area (Å²) in [7, 11) is 1.76. The number of rotatable bonds is 7. The highest BCUT2D eigenvalue weighted by molar-refractivity contribution is 5.82. The second-order valence-corrected chi connectivity index (χ2v) is 6.21. The van der Waals surface area contributed by atoms with E-state index in [2.05, 4.69) is 28.6 Å². The summed E-state index contributed by atoms with van der Waals surface area (Å²) in [4.78, 5) is 4.23. The van der Waals surface area contributed by atoms with Crippen LogP contribution >= 0.6 is 0 Å². The summed E-state index contributed by atoms with van der Waals surface area (Å²) in [6.07, 6.45) is 2.52. The number of hydrogen-bond donors (Lipinski definition) is 2. The summed E-state index contributed by atoms with van der Waals surface area (Å²) in [5.74, 6) is 1.67. The van der Waals surface area contributed by atoms with Gasteiger partial charge in [-0.3, -0.25) is 4.99 Å². The van der Waals surface area contributed by atoms with Gasteiger partial charge in [0.1, 0.15) is 11.3 Å². The van der Waals surface area contributed by atoms with E-state index in [-0.39, 0.29) is 6.10 Å². The van der Waals surface area contributed by atoms with Crippen LogP contribution in [-0.2, 0) is 16.0 Å². The van der Waals surface area contributed by atoms with Gasteiger partial charge < -0.3 is 24.5 Å². The molecule has 1 unspecified atom stereocenters. The number of aryl methyl sites for hydroxylation is 1. The lowest BCUT2D eigenvalue weighted by Gasteiger charge is -2.13. The molecule has 2 aromatic rings. The molecule has 1 saturated heterocycles. The number of nitrogens with one attached hydrogen (secondary N) is 2. The average Bonchev–Trinajstić information content (AvgIpc) is 3.26. The molecular formula is C19H27N3O3. The number of aliphatic imine (C=N–C) groups is 1. The van der Waals surface area contributed by atoms with Gasteiger partial charge in [-0.2, -0.15) is 0 Å².